The van der Waals surface area contributed by atoms with E-state index in [0.29, 0.717) is 0 Å². The summed E-state index contributed by atoms with van der Waals surface area (Å²) < 4.78 is 2.11. The summed E-state index contributed by atoms with van der Waals surface area (Å²) in [4.78, 5) is 8.91. The van der Waals surface area contributed by atoms with E-state index in [0.717, 1.165) is 5.56 Å². The Morgan fingerprint density at radius 1 is 1.18 bits per heavy atom. The van der Waals surface area contributed by atoms with Gasteiger partial charge < -0.3 is 9.88 Å². The molecule has 0 bridgehead atoms. The van der Waals surface area contributed by atoms with Gasteiger partial charge in [0.25, 0.3) is 0 Å². The first-order valence-electron chi connectivity index (χ1n) is 5.59. The average Bonchev–Trinajstić information content (AvgIpc) is 2.72. The van der Waals surface area contributed by atoms with Crippen molar-refractivity contribution in [3.8, 4) is 0 Å². The quantitative estimate of drug-likeness (QED) is 0.794. The second-order valence-corrected chi connectivity index (χ2v) is 4.37. The van der Waals surface area contributed by atoms with Crippen LogP contribution in [0.15, 0.2) is 40.4 Å². The monoisotopic (exact) mass is 226 g/mol. The number of fused-ring (bicyclic) bond motifs is 1. The van der Waals surface area contributed by atoms with Crippen LogP contribution in [0.25, 0.3) is 10.9 Å². The molecule has 0 radical (unpaired) electrons. The Balaban J connectivity index is 2.30. The summed E-state index contributed by atoms with van der Waals surface area (Å²) in [7, 11) is 2.05. The minimum atomic E-state index is -0.531. The van der Waals surface area contributed by atoms with Gasteiger partial charge in [-0.25, -0.2) is 9.98 Å². The van der Waals surface area contributed by atoms with E-state index >= 15 is 0 Å². The van der Waals surface area contributed by atoms with E-state index < -0.39 is 5.66 Å². The molecule has 1 aliphatic heterocycles. The molecule has 2 heterocycles. The summed E-state index contributed by atoms with van der Waals surface area (Å²) >= 11 is 0. The molecule has 0 atom stereocenters. The smallest absolute Gasteiger partial charge is 0.178 e. The number of aromatic nitrogens is 1. The number of rotatable bonds is 1. The number of nitrogens with zero attached hydrogens (tertiary/aromatic N) is 3. The van der Waals surface area contributed by atoms with Gasteiger partial charge in [0.2, 0.25) is 0 Å². The highest BCUT2D eigenvalue weighted by Crippen LogP contribution is 2.33. The highest BCUT2D eigenvalue weighted by Gasteiger charge is 2.27. The Morgan fingerprint density at radius 2 is 1.94 bits per heavy atom. The lowest BCUT2D eigenvalue weighted by Crippen LogP contribution is -2.26. The fourth-order valence-electron chi connectivity index (χ4n) is 2.27. The molecule has 1 aromatic heterocycles. The Morgan fingerprint density at radius 3 is 2.71 bits per heavy atom. The van der Waals surface area contributed by atoms with Crippen LogP contribution in [-0.4, -0.2) is 17.2 Å². The molecule has 1 N–H and O–H groups in total. The zero-order valence-corrected chi connectivity index (χ0v) is 9.88. The third kappa shape index (κ3) is 1.45. The second-order valence-electron chi connectivity index (χ2n) is 4.37. The molecule has 1 aliphatic rings. The topological polar surface area (TPSA) is 41.7 Å². The maximum atomic E-state index is 4.46. The molecule has 0 saturated heterocycles. The molecule has 86 valence electrons. The lowest BCUT2D eigenvalue weighted by Gasteiger charge is -2.24. The maximum absolute atomic E-state index is 4.46. The van der Waals surface area contributed by atoms with Gasteiger partial charge in [-0.3, -0.25) is 0 Å². The minimum absolute atomic E-state index is 0.531. The first-order valence-corrected chi connectivity index (χ1v) is 5.59. The van der Waals surface area contributed by atoms with Crippen molar-refractivity contribution in [2.45, 2.75) is 12.6 Å². The number of hydrogen-bond acceptors (Lipinski definition) is 3. The van der Waals surface area contributed by atoms with Crippen molar-refractivity contribution in [1.29, 1.82) is 0 Å². The van der Waals surface area contributed by atoms with Crippen molar-refractivity contribution in [2.24, 2.45) is 17.0 Å². The minimum Gasteiger partial charge on any atom is -0.350 e. The number of benzene rings is 1. The molecule has 0 spiro atoms. The summed E-state index contributed by atoms with van der Waals surface area (Å²) in [5.74, 6) is 0. The molecule has 0 fully saturated rings. The van der Waals surface area contributed by atoms with Crippen LogP contribution >= 0.6 is 0 Å². The number of hydrogen-bond donors (Lipinski definition) is 1. The van der Waals surface area contributed by atoms with Crippen LogP contribution in [0, 0.1) is 0 Å². The first kappa shape index (κ1) is 10.1. The number of aliphatic imine (C=N–C) groups is 2. The van der Waals surface area contributed by atoms with Crippen LogP contribution in [-0.2, 0) is 12.7 Å². The van der Waals surface area contributed by atoms with Crippen molar-refractivity contribution in [1.82, 2.24) is 9.88 Å². The molecule has 3 rings (SSSR count). The molecule has 0 amide bonds. The van der Waals surface area contributed by atoms with E-state index in [2.05, 4.69) is 50.3 Å². The van der Waals surface area contributed by atoms with Gasteiger partial charge in [0.05, 0.1) is 18.2 Å². The summed E-state index contributed by atoms with van der Waals surface area (Å²) in [6.07, 6.45) is 5.44. The summed E-state index contributed by atoms with van der Waals surface area (Å²) in [6, 6.07) is 8.35. The van der Waals surface area contributed by atoms with Crippen molar-refractivity contribution >= 4 is 23.6 Å². The molecule has 4 nitrogen and oxygen atoms in total. The largest absolute Gasteiger partial charge is 0.350 e. The van der Waals surface area contributed by atoms with E-state index in [-0.39, 0.29) is 0 Å². The third-order valence-corrected chi connectivity index (χ3v) is 3.19. The van der Waals surface area contributed by atoms with Gasteiger partial charge in [0, 0.05) is 24.2 Å². The Kier molecular flexibility index (Phi) is 2.04. The summed E-state index contributed by atoms with van der Waals surface area (Å²) in [6.45, 7) is 2.02. The van der Waals surface area contributed by atoms with Crippen molar-refractivity contribution in [2.75, 3.05) is 0 Å². The van der Waals surface area contributed by atoms with Crippen molar-refractivity contribution in [3.63, 3.8) is 0 Å². The second kappa shape index (κ2) is 3.45. The predicted molar refractivity (Wildman–Crippen MR) is 70.4 cm³/mol. The fourth-order valence-corrected chi connectivity index (χ4v) is 2.27. The van der Waals surface area contributed by atoms with Gasteiger partial charge in [-0.05, 0) is 13.0 Å². The molecule has 2 aromatic rings. The van der Waals surface area contributed by atoms with E-state index in [4.69, 9.17) is 0 Å². The van der Waals surface area contributed by atoms with E-state index in [1.165, 1.54) is 10.9 Å². The van der Waals surface area contributed by atoms with Gasteiger partial charge in [0.1, 0.15) is 0 Å². The van der Waals surface area contributed by atoms with Crippen LogP contribution in [0.4, 0.5) is 0 Å². The fraction of sp³-hybridized carbons (Fsp3) is 0.231. The van der Waals surface area contributed by atoms with Crippen LogP contribution in [0.1, 0.15) is 12.5 Å². The highest BCUT2D eigenvalue weighted by atomic mass is 15.2. The van der Waals surface area contributed by atoms with E-state index in [1.54, 1.807) is 12.7 Å². The SMILES string of the molecule is Cn1ccc2cccc(C3(C)N=CNC=N3)c21. The number of nitrogens with one attached hydrogen (secondary N) is 1. The van der Waals surface area contributed by atoms with Gasteiger partial charge in [-0.1, -0.05) is 18.2 Å². The summed E-state index contributed by atoms with van der Waals surface area (Å²) in [5.41, 5.74) is 1.78. The van der Waals surface area contributed by atoms with Crippen molar-refractivity contribution < 1.29 is 0 Å². The third-order valence-electron chi connectivity index (χ3n) is 3.19. The molecule has 0 unspecified atom stereocenters. The first-order chi connectivity index (χ1) is 8.21. The van der Waals surface area contributed by atoms with Crippen LogP contribution in [0.5, 0.6) is 0 Å². The normalized spacial score (nSPS) is 17.3. The molecule has 1 aromatic carbocycles. The zero-order valence-electron chi connectivity index (χ0n) is 9.88. The summed E-state index contributed by atoms with van der Waals surface area (Å²) in [5, 5.41) is 4.09. The van der Waals surface area contributed by atoms with Gasteiger partial charge in [-0.2, -0.15) is 0 Å². The lowest BCUT2D eigenvalue weighted by molar-refractivity contribution is 0.527. The molecular formula is C13H14N4. The standard InChI is InChI=1S/C13H14N4/c1-13(15-8-14-9-16-13)11-5-3-4-10-6-7-17(2)12(10)11/h3-9H,1-2H3,(H,14,15,16). The highest BCUT2D eigenvalue weighted by molar-refractivity contribution is 5.85. The Labute approximate surface area is 99.7 Å². The van der Waals surface area contributed by atoms with Gasteiger partial charge in [-0.15, -0.1) is 0 Å². The van der Waals surface area contributed by atoms with Crippen LogP contribution < -0.4 is 5.32 Å². The zero-order chi connectivity index (χ0) is 11.9. The molecule has 17 heavy (non-hydrogen) atoms. The lowest BCUT2D eigenvalue weighted by atomic mass is 10.00. The van der Waals surface area contributed by atoms with Crippen LogP contribution in [0.3, 0.4) is 0 Å². The van der Waals surface area contributed by atoms with Crippen LogP contribution in [0.2, 0.25) is 0 Å². The average molecular weight is 226 g/mol. The maximum Gasteiger partial charge on any atom is 0.178 e. The van der Waals surface area contributed by atoms with E-state index in [1.807, 2.05) is 14.0 Å². The van der Waals surface area contributed by atoms with Gasteiger partial charge >= 0.3 is 0 Å². The molecule has 0 aliphatic carbocycles. The number of aryl methyl sites for hydroxylation is 1. The molecule has 4 heteroatoms. The van der Waals surface area contributed by atoms with Gasteiger partial charge in [0.15, 0.2) is 5.66 Å². The molecule has 0 saturated carbocycles. The Hall–Kier alpha value is -2.10. The molecular weight excluding hydrogens is 212 g/mol. The Bertz CT molecular complexity index is 609. The predicted octanol–water partition coefficient (Wildman–Crippen LogP) is 2.01. The van der Waals surface area contributed by atoms with Crippen molar-refractivity contribution in [3.05, 3.63) is 36.0 Å². The number of para-hydroxylation sites is 1. The van der Waals surface area contributed by atoms with E-state index in [9.17, 15) is 0 Å².